The highest BCUT2D eigenvalue weighted by Gasteiger charge is 2.01. The standard InChI is InChI=1S/C11H16N4S/c1-9-10(16-8-14-9)7-12-4-3-11-13-5-6-15(11)2/h5-6,8,12H,3-4,7H2,1-2H3. The number of aryl methyl sites for hydroxylation is 2. The topological polar surface area (TPSA) is 42.7 Å². The van der Waals surface area contributed by atoms with E-state index >= 15 is 0 Å². The van der Waals surface area contributed by atoms with E-state index in [9.17, 15) is 0 Å². The van der Waals surface area contributed by atoms with E-state index in [1.807, 2.05) is 31.9 Å². The second-order valence-electron chi connectivity index (χ2n) is 3.74. The van der Waals surface area contributed by atoms with Gasteiger partial charge in [-0.15, -0.1) is 11.3 Å². The largest absolute Gasteiger partial charge is 0.338 e. The molecule has 2 aromatic heterocycles. The van der Waals surface area contributed by atoms with Gasteiger partial charge in [-0.05, 0) is 6.92 Å². The molecular weight excluding hydrogens is 220 g/mol. The number of rotatable bonds is 5. The minimum absolute atomic E-state index is 0.904. The fraction of sp³-hybridized carbons (Fsp3) is 0.455. The number of aromatic nitrogens is 3. The lowest BCUT2D eigenvalue weighted by atomic mass is 10.3. The van der Waals surface area contributed by atoms with Crippen molar-refractivity contribution in [1.82, 2.24) is 19.9 Å². The third kappa shape index (κ3) is 2.68. The maximum Gasteiger partial charge on any atom is 0.109 e. The van der Waals surface area contributed by atoms with Gasteiger partial charge in [0.15, 0.2) is 0 Å². The number of hydrogen-bond acceptors (Lipinski definition) is 4. The zero-order chi connectivity index (χ0) is 11.4. The molecule has 0 aromatic carbocycles. The van der Waals surface area contributed by atoms with Crippen LogP contribution in [-0.2, 0) is 20.0 Å². The lowest BCUT2D eigenvalue weighted by Crippen LogP contribution is -2.18. The van der Waals surface area contributed by atoms with Gasteiger partial charge in [0.05, 0.1) is 11.2 Å². The second-order valence-corrected chi connectivity index (χ2v) is 4.68. The van der Waals surface area contributed by atoms with Crippen LogP contribution >= 0.6 is 11.3 Å². The van der Waals surface area contributed by atoms with Crippen LogP contribution in [-0.4, -0.2) is 21.1 Å². The molecule has 2 aromatic rings. The van der Waals surface area contributed by atoms with Gasteiger partial charge in [-0.3, -0.25) is 0 Å². The molecule has 0 amide bonds. The molecule has 0 radical (unpaired) electrons. The Morgan fingerprint density at radius 1 is 1.44 bits per heavy atom. The highest BCUT2D eigenvalue weighted by molar-refractivity contribution is 7.09. The van der Waals surface area contributed by atoms with Crippen LogP contribution in [0.15, 0.2) is 17.9 Å². The van der Waals surface area contributed by atoms with Crippen LogP contribution in [0.4, 0.5) is 0 Å². The van der Waals surface area contributed by atoms with Crippen molar-refractivity contribution in [2.75, 3.05) is 6.54 Å². The van der Waals surface area contributed by atoms with Crippen molar-refractivity contribution < 1.29 is 0 Å². The molecule has 0 spiro atoms. The Kier molecular flexibility index (Phi) is 3.69. The summed E-state index contributed by atoms with van der Waals surface area (Å²) in [5.74, 6) is 1.12. The Hall–Kier alpha value is -1.20. The van der Waals surface area contributed by atoms with Crippen LogP contribution in [0.2, 0.25) is 0 Å². The SMILES string of the molecule is Cc1ncsc1CNCCc1nccn1C. The summed E-state index contributed by atoms with van der Waals surface area (Å²) in [4.78, 5) is 9.82. The normalized spacial score (nSPS) is 10.9. The molecule has 0 atom stereocenters. The van der Waals surface area contributed by atoms with E-state index < -0.39 is 0 Å². The molecule has 2 rings (SSSR count). The van der Waals surface area contributed by atoms with E-state index in [2.05, 4.69) is 19.9 Å². The fourth-order valence-electron chi connectivity index (χ4n) is 1.54. The Bertz CT molecular complexity index is 404. The van der Waals surface area contributed by atoms with Crippen molar-refractivity contribution >= 4 is 11.3 Å². The van der Waals surface area contributed by atoms with Gasteiger partial charge >= 0.3 is 0 Å². The molecule has 0 fully saturated rings. The number of hydrogen-bond donors (Lipinski definition) is 1. The molecule has 0 saturated heterocycles. The molecule has 4 nitrogen and oxygen atoms in total. The summed E-state index contributed by atoms with van der Waals surface area (Å²) in [6.45, 7) is 3.90. The van der Waals surface area contributed by atoms with Gasteiger partial charge in [-0.2, -0.15) is 0 Å². The van der Waals surface area contributed by atoms with Crippen LogP contribution in [0.25, 0.3) is 0 Å². The molecule has 5 heteroatoms. The first kappa shape index (κ1) is 11.3. The molecule has 16 heavy (non-hydrogen) atoms. The van der Waals surface area contributed by atoms with E-state index in [1.165, 1.54) is 4.88 Å². The van der Waals surface area contributed by atoms with Crippen molar-refractivity contribution in [3.8, 4) is 0 Å². The summed E-state index contributed by atoms with van der Waals surface area (Å²) in [7, 11) is 2.02. The molecule has 1 N–H and O–H groups in total. The lowest BCUT2D eigenvalue weighted by molar-refractivity contribution is 0.657. The quantitative estimate of drug-likeness (QED) is 0.800. The first-order valence-electron chi connectivity index (χ1n) is 5.33. The third-order valence-electron chi connectivity index (χ3n) is 2.58. The third-order valence-corrected chi connectivity index (χ3v) is 3.51. The zero-order valence-electron chi connectivity index (χ0n) is 9.60. The molecule has 86 valence electrons. The van der Waals surface area contributed by atoms with Crippen molar-refractivity contribution in [2.24, 2.45) is 7.05 Å². The Morgan fingerprint density at radius 2 is 2.31 bits per heavy atom. The van der Waals surface area contributed by atoms with Gasteiger partial charge < -0.3 is 9.88 Å². The molecule has 0 aliphatic heterocycles. The van der Waals surface area contributed by atoms with Crippen LogP contribution in [0, 0.1) is 6.92 Å². The minimum atomic E-state index is 0.904. The number of imidazole rings is 1. The van der Waals surface area contributed by atoms with Crippen LogP contribution in [0.1, 0.15) is 16.4 Å². The van der Waals surface area contributed by atoms with E-state index in [0.717, 1.165) is 31.0 Å². The van der Waals surface area contributed by atoms with E-state index in [4.69, 9.17) is 0 Å². The van der Waals surface area contributed by atoms with Crippen LogP contribution in [0.3, 0.4) is 0 Å². The highest BCUT2D eigenvalue weighted by Crippen LogP contribution is 2.10. The van der Waals surface area contributed by atoms with Gasteiger partial charge in [0, 0.05) is 43.8 Å². The first-order chi connectivity index (χ1) is 7.77. The summed E-state index contributed by atoms with van der Waals surface area (Å²) in [6.07, 6.45) is 4.77. The molecule has 0 aliphatic carbocycles. The van der Waals surface area contributed by atoms with Crippen LogP contribution in [0.5, 0.6) is 0 Å². The maximum absolute atomic E-state index is 4.28. The monoisotopic (exact) mass is 236 g/mol. The van der Waals surface area contributed by atoms with E-state index in [1.54, 1.807) is 11.3 Å². The minimum Gasteiger partial charge on any atom is -0.338 e. The Morgan fingerprint density at radius 3 is 2.94 bits per heavy atom. The predicted octanol–water partition coefficient (Wildman–Crippen LogP) is 1.52. The van der Waals surface area contributed by atoms with E-state index in [-0.39, 0.29) is 0 Å². The van der Waals surface area contributed by atoms with Crippen molar-refractivity contribution in [1.29, 1.82) is 0 Å². The average molecular weight is 236 g/mol. The number of thiazole rings is 1. The van der Waals surface area contributed by atoms with Gasteiger partial charge in [-0.25, -0.2) is 9.97 Å². The highest BCUT2D eigenvalue weighted by atomic mass is 32.1. The van der Waals surface area contributed by atoms with Crippen molar-refractivity contribution in [2.45, 2.75) is 19.9 Å². The number of nitrogens with zero attached hydrogens (tertiary/aromatic N) is 3. The van der Waals surface area contributed by atoms with Gasteiger partial charge in [0.2, 0.25) is 0 Å². The molecule has 0 bridgehead atoms. The summed E-state index contributed by atoms with van der Waals surface area (Å²) < 4.78 is 2.06. The van der Waals surface area contributed by atoms with E-state index in [0.29, 0.717) is 0 Å². The summed E-state index contributed by atoms with van der Waals surface area (Å²) >= 11 is 1.71. The summed E-state index contributed by atoms with van der Waals surface area (Å²) in [6, 6.07) is 0. The lowest BCUT2D eigenvalue weighted by Gasteiger charge is -2.04. The predicted molar refractivity (Wildman–Crippen MR) is 65.5 cm³/mol. The summed E-state index contributed by atoms with van der Waals surface area (Å²) in [5.41, 5.74) is 3.03. The van der Waals surface area contributed by atoms with Gasteiger partial charge in [0.25, 0.3) is 0 Å². The maximum atomic E-state index is 4.28. The Balaban J connectivity index is 1.74. The fourth-order valence-corrected chi connectivity index (χ4v) is 2.28. The van der Waals surface area contributed by atoms with Gasteiger partial charge in [0.1, 0.15) is 5.82 Å². The van der Waals surface area contributed by atoms with Crippen molar-refractivity contribution in [3.05, 3.63) is 34.3 Å². The average Bonchev–Trinajstić information content (AvgIpc) is 2.84. The summed E-state index contributed by atoms with van der Waals surface area (Å²) in [5, 5.41) is 3.41. The zero-order valence-corrected chi connectivity index (χ0v) is 10.4. The van der Waals surface area contributed by atoms with Crippen molar-refractivity contribution in [3.63, 3.8) is 0 Å². The molecule has 0 aliphatic rings. The van der Waals surface area contributed by atoms with Gasteiger partial charge in [-0.1, -0.05) is 0 Å². The molecule has 0 saturated carbocycles. The van der Waals surface area contributed by atoms with Crippen LogP contribution < -0.4 is 5.32 Å². The molecule has 2 heterocycles. The molecule has 0 unspecified atom stereocenters. The first-order valence-corrected chi connectivity index (χ1v) is 6.21. The Labute approximate surface area is 99.4 Å². The second kappa shape index (κ2) is 5.23. The molecular formula is C11H16N4S. The smallest absolute Gasteiger partial charge is 0.109 e. The number of nitrogens with one attached hydrogen (secondary N) is 1.